The van der Waals surface area contributed by atoms with Crippen molar-refractivity contribution in [2.75, 3.05) is 0 Å². The van der Waals surface area contributed by atoms with Crippen molar-refractivity contribution in [3.05, 3.63) is 29.8 Å². The maximum absolute atomic E-state index is 11.6. The Labute approximate surface area is 115 Å². The highest BCUT2D eigenvalue weighted by Gasteiger charge is 2.25. The number of rotatable bonds is 3. The van der Waals surface area contributed by atoms with Gasteiger partial charge in [-0.25, -0.2) is 8.42 Å². The molecule has 7 heteroatoms. The van der Waals surface area contributed by atoms with Crippen molar-refractivity contribution in [1.82, 2.24) is 4.90 Å². The quantitative estimate of drug-likeness (QED) is 0.629. The monoisotopic (exact) mass is 301 g/mol. The van der Waals surface area contributed by atoms with Crippen LogP contribution in [0.5, 0.6) is 0 Å². The molecule has 1 saturated heterocycles. The zero-order valence-corrected chi connectivity index (χ0v) is 11.6. The summed E-state index contributed by atoms with van der Waals surface area (Å²) in [6.45, 7) is 0.167. The third-order valence-electron chi connectivity index (χ3n) is 2.93. The Balaban J connectivity index is 2.15. The van der Waals surface area contributed by atoms with Crippen LogP contribution >= 0.6 is 10.7 Å². The third kappa shape index (κ3) is 3.33. The Hall–Kier alpha value is -1.40. The molecular formula is C12H12ClNO4S. The van der Waals surface area contributed by atoms with Gasteiger partial charge < -0.3 is 0 Å². The minimum absolute atomic E-state index is 0.00536. The van der Waals surface area contributed by atoms with Crippen molar-refractivity contribution < 1.29 is 18.0 Å². The van der Waals surface area contributed by atoms with Crippen LogP contribution in [0.3, 0.4) is 0 Å². The molecule has 0 atom stereocenters. The van der Waals surface area contributed by atoms with Crippen LogP contribution in [-0.4, -0.2) is 25.1 Å². The molecule has 5 nitrogen and oxygen atoms in total. The summed E-state index contributed by atoms with van der Waals surface area (Å²) in [6.07, 6.45) is 1.34. The number of piperidine rings is 1. The van der Waals surface area contributed by atoms with Crippen LogP contribution in [0, 0.1) is 0 Å². The molecule has 1 fully saturated rings. The molecule has 0 N–H and O–H groups in total. The van der Waals surface area contributed by atoms with Crippen molar-refractivity contribution >= 4 is 31.5 Å². The lowest BCUT2D eigenvalue weighted by Gasteiger charge is -2.24. The second kappa shape index (κ2) is 5.30. The molecule has 102 valence electrons. The van der Waals surface area contributed by atoms with Crippen LogP contribution in [0.1, 0.15) is 24.8 Å². The number of benzene rings is 1. The first-order valence-corrected chi connectivity index (χ1v) is 8.05. The topological polar surface area (TPSA) is 71.5 Å². The summed E-state index contributed by atoms with van der Waals surface area (Å²) in [5.41, 5.74) is 0.688. The van der Waals surface area contributed by atoms with Gasteiger partial charge in [0.1, 0.15) is 0 Å². The standard InChI is InChI=1S/C12H12ClNO4S/c13-19(17,18)10-6-4-9(5-7-10)8-14-11(15)2-1-3-12(14)16/h4-7H,1-3,8H2. The number of hydrogen-bond donors (Lipinski definition) is 0. The van der Waals surface area contributed by atoms with Gasteiger partial charge in [-0.2, -0.15) is 0 Å². The number of amides is 2. The number of carbonyl (C=O) groups excluding carboxylic acids is 2. The van der Waals surface area contributed by atoms with Crippen LogP contribution in [-0.2, 0) is 25.2 Å². The molecule has 1 aliphatic heterocycles. The number of halogens is 1. The van der Waals surface area contributed by atoms with Crippen LogP contribution in [0.2, 0.25) is 0 Å². The maximum Gasteiger partial charge on any atom is 0.261 e. The van der Waals surface area contributed by atoms with Crippen LogP contribution in [0.25, 0.3) is 0 Å². The van der Waals surface area contributed by atoms with Crippen LogP contribution in [0.15, 0.2) is 29.2 Å². The summed E-state index contributed by atoms with van der Waals surface area (Å²) in [5.74, 6) is -0.379. The number of carbonyl (C=O) groups is 2. The van der Waals surface area contributed by atoms with Gasteiger partial charge in [-0.1, -0.05) is 12.1 Å². The van der Waals surface area contributed by atoms with Gasteiger partial charge in [-0.15, -0.1) is 0 Å². The summed E-state index contributed by atoms with van der Waals surface area (Å²) >= 11 is 0. The smallest absolute Gasteiger partial charge is 0.261 e. The molecule has 0 bridgehead atoms. The van der Waals surface area contributed by atoms with Gasteiger partial charge in [0, 0.05) is 23.5 Å². The first kappa shape index (κ1) is 14.0. The molecule has 0 unspecified atom stereocenters. The van der Waals surface area contributed by atoms with E-state index in [1.54, 1.807) is 12.1 Å². The lowest BCUT2D eigenvalue weighted by molar-refractivity contribution is -0.148. The van der Waals surface area contributed by atoms with E-state index < -0.39 is 9.05 Å². The Bertz CT molecular complexity index is 593. The van der Waals surface area contributed by atoms with E-state index in [1.807, 2.05) is 0 Å². The summed E-state index contributed by atoms with van der Waals surface area (Å²) in [7, 11) is 1.45. The predicted octanol–water partition coefficient (Wildman–Crippen LogP) is 1.65. The molecule has 0 radical (unpaired) electrons. The Morgan fingerprint density at radius 1 is 1.05 bits per heavy atom. The van der Waals surface area contributed by atoms with E-state index in [2.05, 4.69) is 0 Å². The van der Waals surface area contributed by atoms with Gasteiger partial charge in [-0.3, -0.25) is 14.5 Å². The fourth-order valence-corrected chi connectivity index (χ4v) is 2.69. The van der Waals surface area contributed by atoms with E-state index in [4.69, 9.17) is 10.7 Å². The van der Waals surface area contributed by atoms with Gasteiger partial charge in [0.2, 0.25) is 11.8 Å². The molecule has 0 spiro atoms. The second-order valence-corrected chi connectivity index (χ2v) is 6.87. The van der Waals surface area contributed by atoms with E-state index in [0.717, 1.165) is 0 Å². The zero-order chi connectivity index (χ0) is 14.0. The fourth-order valence-electron chi connectivity index (χ4n) is 1.92. The van der Waals surface area contributed by atoms with Crippen molar-refractivity contribution in [3.63, 3.8) is 0 Å². The van der Waals surface area contributed by atoms with E-state index in [1.165, 1.54) is 17.0 Å². The highest BCUT2D eigenvalue weighted by molar-refractivity contribution is 8.13. The van der Waals surface area contributed by atoms with Gasteiger partial charge in [0.05, 0.1) is 11.4 Å². The molecule has 2 amide bonds. The summed E-state index contributed by atoms with van der Waals surface area (Å²) < 4.78 is 22.2. The zero-order valence-electron chi connectivity index (χ0n) is 10.0. The molecule has 19 heavy (non-hydrogen) atoms. The molecule has 1 aliphatic rings. The van der Waals surface area contributed by atoms with Crippen molar-refractivity contribution in [3.8, 4) is 0 Å². The SMILES string of the molecule is O=C1CCCC(=O)N1Cc1ccc(S(=O)(=O)Cl)cc1. The number of hydrogen-bond acceptors (Lipinski definition) is 4. The van der Waals surface area contributed by atoms with Gasteiger partial charge in [0.15, 0.2) is 0 Å². The average Bonchev–Trinajstić information content (AvgIpc) is 2.33. The number of imide groups is 1. The average molecular weight is 302 g/mol. The first-order valence-electron chi connectivity index (χ1n) is 5.75. The van der Waals surface area contributed by atoms with Crippen LogP contribution in [0.4, 0.5) is 0 Å². The molecule has 1 heterocycles. The summed E-state index contributed by atoms with van der Waals surface area (Å²) in [5, 5.41) is 0. The van der Waals surface area contributed by atoms with E-state index in [0.29, 0.717) is 24.8 Å². The van der Waals surface area contributed by atoms with E-state index in [9.17, 15) is 18.0 Å². The predicted molar refractivity (Wildman–Crippen MR) is 68.9 cm³/mol. The second-order valence-electron chi connectivity index (χ2n) is 4.31. The Morgan fingerprint density at radius 3 is 2.05 bits per heavy atom. The Kier molecular flexibility index (Phi) is 3.91. The van der Waals surface area contributed by atoms with Crippen molar-refractivity contribution in [1.29, 1.82) is 0 Å². The molecule has 0 saturated carbocycles. The minimum Gasteiger partial charge on any atom is -0.278 e. The Morgan fingerprint density at radius 2 is 1.58 bits per heavy atom. The van der Waals surface area contributed by atoms with Crippen molar-refractivity contribution in [2.45, 2.75) is 30.7 Å². The highest BCUT2D eigenvalue weighted by atomic mass is 35.7. The number of likely N-dealkylation sites (tertiary alicyclic amines) is 1. The van der Waals surface area contributed by atoms with Gasteiger partial charge >= 0.3 is 0 Å². The molecule has 0 aliphatic carbocycles. The third-order valence-corrected chi connectivity index (χ3v) is 4.30. The van der Waals surface area contributed by atoms with Crippen LogP contribution < -0.4 is 0 Å². The normalized spacial score (nSPS) is 16.8. The largest absolute Gasteiger partial charge is 0.278 e. The molecular weight excluding hydrogens is 290 g/mol. The molecule has 2 rings (SSSR count). The summed E-state index contributed by atoms with van der Waals surface area (Å²) in [4.78, 5) is 24.4. The maximum atomic E-state index is 11.6. The lowest BCUT2D eigenvalue weighted by Crippen LogP contribution is -2.39. The minimum atomic E-state index is -3.75. The van der Waals surface area contributed by atoms with Crippen molar-refractivity contribution in [2.24, 2.45) is 0 Å². The van der Waals surface area contributed by atoms with E-state index in [-0.39, 0.29) is 23.3 Å². The molecule has 1 aromatic carbocycles. The van der Waals surface area contributed by atoms with Gasteiger partial charge in [-0.05, 0) is 24.1 Å². The lowest BCUT2D eigenvalue weighted by atomic mass is 10.1. The number of nitrogens with zero attached hydrogens (tertiary/aromatic N) is 1. The van der Waals surface area contributed by atoms with E-state index >= 15 is 0 Å². The fraction of sp³-hybridized carbons (Fsp3) is 0.333. The summed E-state index contributed by atoms with van der Waals surface area (Å²) in [6, 6.07) is 5.81. The molecule has 0 aromatic heterocycles. The first-order chi connectivity index (χ1) is 8.88. The highest BCUT2D eigenvalue weighted by Crippen LogP contribution is 2.19. The molecule has 1 aromatic rings. The van der Waals surface area contributed by atoms with Gasteiger partial charge in [0.25, 0.3) is 9.05 Å².